The summed E-state index contributed by atoms with van der Waals surface area (Å²) in [5.74, 6) is 0. The monoisotopic (exact) mass is 226 g/mol. The SMILES string of the molecule is Cc1c(Br)cncc1CC1CN1. The number of nitrogens with zero attached hydrogens (tertiary/aromatic N) is 1. The number of aromatic nitrogens is 1. The van der Waals surface area contributed by atoms with Crippen LogP contribution in [-0.4, -0.2) is 17.6 Å². The molecule has 1 aliphatic rings. The summed E-state index contributed by atoms with van der Waals surface area (Å²) in [6, 6.07) is 0.694. The number of hydrogen-bond donors (Lipinski definition) is 1. The van der Waals surface area contributed by atoms with Gasteiger partial charge in [-0.1, -0.05) is 0 Å². The van der Waals surface area contributed by atoms with Crippen LogP contribution in [0.4, 0.5) is 0 Å². The van der Waals surface area contributed by atoms with Crippen LogP contribution in [0.5, 0.6) is 0 Å². The quantitative estimate of drug-likeness (QED) is 0.780. The summed E-state index contributed by atoms with van der Waals surface area (Å²) in [6.07, 6.45) is 4.91. The molecule has 0 amide bonds. The van der Waals surface area contributed by atoms with Crippen molar-refractivity contribution in [1.29, 1.82) is 0 Å². The van der Waals surface area contributed by atoms with E-state index < -0.39 is 0 Å². The zero-order chi connectivity index (χ0) is 8.55. The molecule has 2 heterocycles. The fraction of sp³-hybridized carbons (Fsp3) is 0.444. The third kappa shape index (κ3) is 1.67. The van der Waals surface area contributed by atoms with Crippen LogP contribution in [0, 0.1) is 6.92 Å². The fourth-order valence-corrected chi connectivity index (χ4v) is 1.61. The van der Waals surface area contributed by atoms with Crippen molar-refractivity contribution in [3.8, 4) is 0 Å². The van der Waals surface area contributed by atoms with E-state index in [4.69, 9.17) is 0 Å². The van der Waals surface area contributed by atoms with E-state index in [0.29, 0.717) is 6.04 Å². The summed E-state index contributed by atoms with van der Waals surface area (Å²) >= 11 is 3.47. The molecular weight excluding hydrogens is 216 g/mol. The lowest BCUT2D eigenvalue weighted by Gasteiger charge is -2.04. The molecule has 12 heavy (non-hydrogen) atoms. The molecule has 1 N–H and O–H groups in total. The molecule has 1 unspecified atom stereocenters. The van der Waals surface area contributed by atoms with Gasteiger partial charge in [-0.25, -0.2) is 0 Å². The summed E-state index contributed by atoms with van der Waals surface area (Å²) in [5, 5.41) is 3.29. The smallest absolute Gasteiger partial charge is 0.0413 e. The van der Waals surface area contributed by atoms with Gasteiger partial charge in [-0.05, 0) is 40.4 Å². The summed E-state index contributed by atoms with van der Waals surface area (Å²) in [5.41, 5.74) is 2.66. The van der Waals surface area contributed by atoms with Crippen molar-refractivity contribution in [3.63, 3.8) is 0 Å². The van der Waals surface area contributed by atoms with E-state index in [2.05, 4.69) is 33.2 Å². The molecule has 0 spiro atoms. The van der Waals surface area contributed by atoms with E-state index in [1.807, 2.05) is 12.4 Å². The molecule has 64 valence electrons. The highest BCUT2D eigenvalue weighted by atomic mass is 79.9. The maximum Gasteiger partial charge on any atom is 0.0413 e. The third-order valence-corrected chi connectivity index (χ3v) is 3.02. The summed E-state index contributed by atoms with van der Waals surface area (Å²) in [7, 11) is 0. The lowest BCUT2D eigenvalue weighted by molar-refractivity contribution is 0.909. The fourth-order valence-electron chi connectivity index (χ4n) is 1.24. The molecule has 1 aromatic rings. The van der Waals surface area contributed by atoms with Gasteiger partial charge in [-0.2, -0.15) is 0 Å². The van der Waals surface area contributed by atoms with Gasteiger partial charge in [0.15, 0.2) is 0 Å². The Morgan fingerprint density at radius 2 is 2.42 bits per heavy atom. The molecule has 2 nitrogen and oxygen atoms in total. The Morgan fingerprint density at radius 1 is 1.67 bits per heavy atom. The van der Waals surface area contributed by atoms with Crippen molar-refractivity contribution in [1.82, 2.24) is 10.3 Å². The highest BCUT2D eigenvalue weighted by molar-refractivity contribution is 9.10. The molecule has 3 heteroatoms. The maximum absolute atomic E-state index is 4.15. The minimum atomic E-state index is 0.694. The van der Waals surface area contributed by atoms with Gasteiger partial charge >= 0.3 is 0 Å². The van der Waals surface area contributed by atoms with Gasteiger partial charge in [0, 0.05) is 29.5 Å². The van der Waals surface area contributed by atoms with Crippen LogP contribution in [0.3, 0.4) is 0 Å². The highest BCUT2D eigenvalue weighted by Gasteiger charge is 2.21. The van der Waals surface area contributed by atoms with Crippen LogP contribution in [0.2, 0.25) is 0 Å². The Morgan fingerprint density at radius 3 is 3.08 bits per heavy atom. The van der Waals surface area contributed by atoms with Crippen molar-refractivity contribution in [2.75, 3.05) is 6.54 Å². The van der Waals surface area contributed by atoms with Crippen molar-refractivity contribution < 1.29 is 0 Å². The molecule has 2 rings (SSSR count). The second-order valence-corrected chi connectivity index (χ2v) is 4.07. The lowest BCUT2D eigenvalue weighted by atomic mass is 10.1. The van der Waals surface area contributed by atoms with Crippen LogP contribution in [0.15, 0.2) is 16.9 Å². The Balaban J connectivity index is 2.23. The molecule has 1 fully saturated rings. The average Bonchev–Trinajstić information content (AvgIpc) is 2.83. The Labute approximate surface area is 80.5 Å². The van der Waals surface area contributed by atoms with E-state index in [1.54, 1.807) is 0 Å². The minimum absolute atomic E-state index is 0.694. The Bertz CT molecular complexity index is 295. The van der Waals surface area contributed by atoms with E-state index in [9.17, 15) is 0 Å². The predicted molar refractivity (Wildman–Crippen MR) is 52.2 cm³/mol. The summed E-state index contributed by atoms with van der Waals surface area (Å²) in [6.45, 7) is 3.29. The first-order valence-corrected chi connectivity index (χ1v) is 4.89. The van der Waals surface area contributed by atoms with Crippen molar-refractivity contribution in [2.24, 2.45) is 0 Å². The molecule has 1 saturated heterocycles. The third-order valence-electron chi connectivity index (χ3n) is 2.22. The Kier molecular flexibility index (Phi) is 2.15. The molecule has 1 atom stereocenters. The molecule has 0 saturated carbocycles. The van der Waals surface area contributed by atoms with Gasteiger partial charge in [0.1, 0.15) is 0 Å². The normalized spacial score (nSPS) is 21.0. The average molecular weight is 227 g/mol. The number of rotatable bonds is 2. The summed E-state index contributed by atoms with van der Waals surface area (Å²) < 4.78 is 1.11. The van der Waals surface area contributed by atoms with Gasteiger partial charge in [0.05, 0.1) is 0 Å². The zero-order valence-corrected chi connectivity index (χ0v) is 8.56. The van der Waals surface area contributed by atoms with Crippen LogP contribution in [0.1, 0.15) is 11.1 Å². The molecular formula is C9H11BrN2. The Hall–Kier alpha value is -0.410. The zero-order valence-electron chi connectivity index (χ0n) is 6.97. The minimum Gasteiger partial charge on any atom is -0.311 e. The number of nitrogens with one attached hydrogen (secondary N) is 1. The number of halogens is 1. The maximum atomic E-state index is 4.15. The molecule has 1 aliphatic heterocycles. The topological polar surface area (TPSA) is 34.8 Å². The van der Waals surface area contributed by atoms with E-state index in [1.165, 1.54) is 11.1 Å². The van der Waals surface area contributed by atoms with Gasteiger partial charge < -0.3 is 5.32 Å². The van der Waals surface area contributed by atoms with Gasteiger partial charge in [-0.3, -0.25) is 4.98 Å². The molecule has 1 aromatic heterocycles. The van der Waals surface area contributed by atoms with E-state index in [0.717, 1.165) is 17.4 Å². The molecule has 0 aromatic carbocycles. The van der Waals surface area contributed by atoms with Crippen LogP contribution < -0.4 is 5.32 Å². The molecule has 0 aliphatic carbocycles. The second-order valence-electron chi connectivity index (χ2n) is 3.21. The lowest BCUT2D eigenvalue weighted by Crippen LogP contribution is -2.00. The second kappa shape index (κ2) is 3.15. The first-order valence-electron chi connectivity index (χ1n) is 4.10. The van der Waals surface area contributed by atoms with Crippen LogP contribution in [0.25, 0.3) is 0 Å². The van der Waals surface area contributed by atoms with E-state index >= 15 is 0 Å². The summed E-state index contributed by atoms with van der Waals surface area (Å²) in [4.78, 5) is 4.15. The first-order chi connectivity index (χ1) is 5.77. The highest BCUT2D eigenvalue weighted by Crippen LogP contribution is 2.20. The van der Waals surface area contributed by atoms with Crippen molar-refractivity contribution in [2.45, 2.75) is 19.4 Å². The van der Waals surface area contributed by atoms with Crippen molar-refractivity contribution in [3.05, 3.63) is 28.0 Å². The van der Waals surface area contributed by atoms with Gasteiger partial charge in [0.2, 0.25) is 0 Å². The first kappa shape index (κ1) is 8.20. The van der Waals surface area contributed by atoms with Gasteiger partial charge in [0.25, 0.3) is 0 Å². The van der Waals surface area contributed by atoms with Crippen LogP contribution in [-0.2, 0) is 6.42 Å². The standard InChI is InChI=1S/C9H11BrN2/c1-6-7(2-8-4-12-8)3-11-5-9(6)10/h3,5,8,12H,2,4H2,1H3. The van der Waals surface area contributed by atoms with E-state index in [-0.39, 0.29) is 0 Å². The van der Waals surface area contributed by atoms with Gasteiger partial charge in [-0.15, -0.1) is 0 Å². The molecule has 0 radical (unpaired) electrons. The van der Waals surface area contributed by atoms with Crippen molar-refractivity contribution >= 4 is 15.9 Å². The predicted octanol–water partition coefficient (Wildman–Crippen LogP) is 1.67. The largest absolute Gasteiger partial charge is 0.311 e. The van der Waals surface area contributed by atoms with Crippen LogP contribution >= 0.6 is 15.9 Å². The number of pyridine rings is 1. The molecule has 0 bridgehead atoms. The number of hydrogen-bond acceptors (Lipinski definition) is 2.